The zero-order chi connectivity index (χ0) is 18.7. The number of ether oxygens (including phenoxy) is 2. The van der Waals surface area contributed by atoms with Gasteiger partial charge in [0.15, 0.2) is 0 Å². The molecule has 5 nitrogen and oxygen atoms in total. The van der Waals surface area contributed by atoms with Crippen LogP contribution in [-0.4, -0.2) is 12.1 Å². The van der Waals surface area contributed by atoms with Gasteiger partial charge in [0.1, 0.15) is 11.9 Å². The second-order valence-electron chi connectivity index (χ2n) is 8.04. The quantitative estimate of drug-likeness (QED) is 0.654. The molecule has 24 heavy (non-hydrogen) atoms. The van der Waals surface area contributed by atoms with Crippen LogP contribution in [0.4, 0.5) is 4.79 Å². The van der Waals surface area contributed by atoms with Gasteiger partial charge in [-0.2, -0.15) is 0 Å². The number of primary amides is 1. The third-order valence-electron chi connectivity index (χ3n) is 3.60. The van der Waals surface area contributed by atoms with Crippen LogP contribution in [0.15, 0.2) is 18.2 Å². The van der Waals surface area contributed by atoms with Gasteiger partial charge in [-0.25, -0.2) is 4.79 Å². The maximum atomic E-state index is 12.1. The normalized spacial score (nSPS) is 13.3. The molecule has 0 spiro atoms. The number of rotatable bonds is 4. The van der Waals surface area contributed by atoms with E-state index in [9.17, 15) is 9.59 Å². The van der Waals surface area contributed by atoms with Gasteiger partial charge in [0.25, 0.3) is 0 Å². The van der Waals surface area contributed by atoms with Crippen LogP contribution in [0, 0.1) is 10.8 Å². The Bertz CT molecular complexity index is 609. The Morgan fingerprint density at radius 1 is 1.12 bits per heavy atom. The van der Waals surface area contributed by atoms with E-state index in [0.717, 1.165) is 11.1 Å². The number of esters is 1. The fourth-order valence-corrected chi connectivity index (χ4v) is 2.25. The molecule has 1 rings (SSSR count). The summed E-state index contributed by atoms with van der Waals surface area (Å²) in [4.78, 5) is 23.4. The van der Waals surface area contributed by atoms with Crippen molar-refractivity contribution >= 4 is 12.1 Å². The topological polar surface area (TPSA) is 78.6 Å². The molecule has 1 unspecified atom stereocenters. The predicted octanol–water partition coefficient (Wildman–Crippen LogP) is 4.38. The number of nitrogens with two attached hydrogens (primary N) is 1. The Balaban J connectivity index is 3.21. The summed E-state index contributed by atoms with van der Waals surface area (Å²) in [6.45, 7) is 13.3. The molecule has 0 heterocycles. The number of hydrogen-bond donors (Lipinski definition) is 1. The number of amides is 1. The summed E-state index contributed by atoms with van der Waals surface area (Å²) in [5.74, 6) is 0.249. The molecule has 1 aromatic carbocycles. The average molecular weight is 335 g/mol. The lowest BCUT2D eigenvalue weighted by atomic mass is 9.84. The van der Waals surface area contributed by atoms with Crippen LogP contribution < -0.4 is 10.5 Å². The number of carbonyl (C=O) groups excluding carboxylic acids is 2. The van der Waals surface area contributed by atoms with Crippen LogP contribution in [0.3, 0.4) is 0 Å². The molecule has 0 saturated heterocycles. The molecule has 0 fully saturated rings. The van der Waals surface area contributed by atoms with Gasteiger partial charge >= 0.3 is 12.1 Å². The highest BCUT2D eigenvalue weighted by molar-refractivity contribution is 5.78. The Kier molecular flexibility index (Phi) is 6.04. The van der Waals surface area contributed by atoms with Gasteiger partial charge in [0, 0.05) is 5.41 Å². The number of hydrogen-bond acceptors (Lipinski definition) is 4. The second-order valence-corrected chi connectivity index (χ2v) is 8.04. The molecule has 0 aliphatic heterocycles. The van der Waals surface area contributed by atoms with Crippen molar-refractivity contribution in [3.63, 3.8) is 0 Å². The first-order valence-corrected chi connectivity index (χ1v) is 8.17. The summed E-state index contributed by atoms with van der Waals surface area (Å²) < 4.78 is 10.8. The zero-order valence-electron chi connectivity index (χ0n) is 15.7. The molecule has 0 aliphatic rings. The Morgan fingerprint density at radius 2 is 1.71 bits per heavy atom. The third-order valence-corrected chi connectivity index (χ3v) is 3.60. The van der Waals surface area contributed by atoms with Gasteiger partial charge < -0.3 is 15.2 Å². The highest BCUT2D eigenvalue weighted by Crippen LogP contribution is 2.38. The van der Waals surface area contributed by atoms with Crippen molar-refractivity contribution in [2.24, 2.45) is 16.6 Å². The van der Waals surface area contributed by atoms with E-state index >= 15 is 0 Å². The summed E-state index contributed by atoms with van der Waals surface area (Å²) in [7, 11) is 0. The lowest BCUT2D eigenvalue weighted by Crippen LogP contribution is -2.27. The summed E-state index contributed by atoms with van der Waals surface area (Å²) in [5.41, 5.74) is 6.03. The van der Waals surface area contributed by atoms with Crippen molar-refractivity contribution in [1.29, 1.82) is 0 Å². The molecule has 2 N–H and O–H groups in total. The van der Waals surface area contributed by atoms with Gasteiger partial charge in [0.05, 0.1) is 5.41 Å². The maximum Gasteiger partial charge on any atom is 0.405 e. The molecule has 0 aromatic heterocycles. The molecule has 134 valence electrons. The molecular formula is C19H29NO4. The molecule has 0 radical (unpaired) electrons. The molecule has 1 atom stereocenters. The van der Waals surface area contributed by atoms with Crippen molar-refractivity contribution in [1.82, 2.24) is 0 Å². The van der Waals surface area contributed by atoms with Crippen LogP contribution in [-0.2, 0) is 16.0 Å². The van der Waals surface area contributed by atoms with Crippen LogP contribution >= 0.6 is 0 Å². The first-order valence-electron chi connectivity index (χ1n) is 8.17. The van der Waals surface area contributed by atoms with E-state index in [1.807, 2.05) is 60.6 Å². The fraction of sp³-hybridized carbons (Fsp3) is 0.579. The monoisotopic (exact) mass is 335 g/mol. The third kappa shape index (κ3) is 5.25. The van der Waals surface area contributed by atoms with Crippen LogP contribution in [0.1, 0.15) is 65.7 Å². The van der Waals surface area contributed by atoms with E-state index in [1.165, 1.54) is 0 Å². The van der Waals surface area contributed by atoms with E-state index < -0.39 is 17.6 Å². The minimum absolute atomic E-state index is 0.286. The fourth-order valence-electron chi connectivity index (χ4n) is 2.25. The van der Waals surface area contributed by atoms with Crippen LogP contribution in [0.25, 0.3) is 0 Å². The van der Waals surface area contributed by atoms with Gasteiger partial charge in [0.2, 0.25) is 0 Å². The van der Waals surface area contributed by atoms with Gasteiger partial charge in [-0.3, -0.25) is 4.79 Å². The van der Waals surface area contributed by atoms with Crippen molar-refractivity contribution < 1.29 is 19.1 Å². The smallest absolute Gasteiger partial charge is 0.405 e. The van der Waals surface area contributed by atoms with Crippen molar-refractivity contribution in [2.75, 3.05) is 0 Å². The van der Waals surface area contributed by atoms with Crippen LogP contribution in [0.2, 0.25) is 0 Å². The van der Waals surface area contributed by atoms with E-state index in [1.54, 1.807) is 6.07 Å². The lowest BCUT2D eigenvalue weighted by Gasteiger charge is -2.30. The van der Waals surface area contributed by atoms with E-state index in [0.29, 0.717) is 12.2 Å². The highest BCUT2D eigenvalue weighted by atomic mass is 16.6. The Morgan fingerprint density at radius 3 is 2.12 bits per heavy atom. The average Bonchev–Trinajstić information content (AvgIpc) is 2.43. The second kappa shape index (κ2) is 7.24. The first kappa shape index (κ1) is 20.0. The highest BCUT2D eigenvalue weighted by Gasteiger charge is 2.30. The minimum atomic E-state index is -0.809. The van der Waals surface area contributed by atoms with Crippen molar-refractivity contribution in [3.8, 4) is 5.75 Å². The van der Waals surface area contributed by atoms with Gasteiger partial charge in [-0.05, 0) is 50.5 Å². The molecule has 0 saturated carbocycles. The molecular weight excluding hydrogens is 306 g/mol. The van der Waals surface area contributed by atoms with Gasteiger partial charge in [-0.1, -0.05) is 33.8 Å². The van der Waals surface area contributed by atoms with Crippen molar-refractivity contribution in [3.05, 3.63) is 29.3 Å². The van der Waals surface area contributed by atoms with Crippen LogP contribution in [0.5, 0.6) is 5.75 Å². The summed E-state index contributed by atoms with van der Waals surface area (Å²) in [6, 6.07) is 5.47. The maximum absolute atomic E-state index is 12.1. The molecule has 5 heteroatoms. The number of aryl methyl sites for hydroxylation is 1. The predicted molar refractivity (Wildman–Crippen MR) is 93.8 cm³/mol. The minimum Gasteiger partial charge on any atom is -0.441 e. The molecule has 0 bridgehead atoms. The van der Waals surface area contributed by atoms with Gasteiger partial charge in [-0.15, -0.1) is 0 Å². The molecule has 0 aliphatic carbocycles. The largest absolute Gasteiger partial charge is 0.441 e. The zero-order valence-corrected chi connectivity index (χ0v) is 15.7. The SMILES string of the molecule is CCc1cc(C(OC(N)=O)C(C)(C)C)ccc1OC(=O)C(C)(C)C. The summed E-state index contributed by atoms with van der Waals surface area (Å²) in [6.07, 6.45) is -0.600. The number of benzene rings is 1. The standard InChI is InChI=1S/C19H29NO4/c1-8-12-11-13(15(18(2,3)4)24-17(20)22)9-10-14(12)23-16(21)19(5,6)7/h9-11,15H,8H2,1-7H3,(H2,20,22). The Labute approximate surface area is 144 Å². The lowest BCUT2D eigenvalue weighted by molar-refractivity contribution is -0.143. The summed E-state index contributed by atoms with van der Waals surface area (Å²) in [5, 5.41) is 0. The van der Waals surface area contributed by atoms with E-state index in [4.69, 9.17) is 15.2 Å². The first-order chi connectivity index (χ1) is 10.9. The summed E-state index contributed by atoms with van der Waals surface area (Å²) >= 11 is 0. The van der Waals surface area contributed by atoms with E-state index in [2.05, 4.69) is 0 Å². The number of carbonyl (C=O) groups is 2. The molecule has 1 aromatic rings. The molecule has 1 amide bonds. The van der Waals surface area contributed by atoms with Crippen molar-refractivity contribution in [2.45, 2.75) is 61.0 Å². The van der Waals surface area contributed by atoms with E-state index in [-0.39, 0.29) is 11.4 Å². The Hall–Kier alpha value is -2.04.